The van der Waals surface area contributed by atoms with E-state index in [9.17, 15) is 9.59 Å². The number of para-hydroxylation sites is 1. The summed E-state index contributed by atoms with van der Waals surface area (Å²) >= 11 is 0. The van der Waals surface area contributed by atoms with Crippen molar-refractivity contribution in [2.45, 2.75) is 6.42 Å². The number of carbonyl (C=O) groups excluding carboxylic acids is 2. The number of benzene rings is 1. The summed E-state index contributed by atoms with van der Waals surface area (Å²) in [6, 6.07) is 7.11. The molecule has 2 aromatic rings. The summed E-state index contributed by atoms with van der Waals surface area (Å²) in [5, 5.41) is 4.09. The van der Waals surface area contributed by atoms with Crippen LogP contribution in [0.1, 0.15) is 15.9 Å². The van der Waals surface area contributed by atoms with Crippen LogP contribution in [0.15, 0.2) is 36.7 Å². The minimum absolute atomic E-state index is 0.415. The number of anilines is 1. The van der Waals surface area contributed by atoms with Gasteiger partial charge in [0.15, 0.2) is 0 Å². The maximum atomic E-state index is 11.9. The van der Waals surface area contributed by atoms with Crippen LogP contribution in [-0.2, 0) is 18.3 Å². The molecule has 19 heavy (non-hydrogen) atoms. The number of Topliss-reactive ketones (excluding diaryl/α,β-unsaturated/α-hetero) is 1. The van der Waals surface area contributed by atoms with E-state index in [1.165, 1.54) is 0 Å². The normalized spacial score (nSPS) is 14.1. The molecule has 1 aliphatic heterocycles. The number of hydrogen-bond donors (Lipinski definition) is 0. The third-order valence-corrected chi connectivity index (χ3v) is 3.26. The van der Waals surface area contributed by atoms with Crippen LogP contribution >= 0.6 is 0 Å². The molecule has 0 atom stereocenters. The van der Waals surface area contributed by atoms with Crippen LogP contribution in [0.25, 0.3) is 0 Å². The molecule has 0 radical (unpaired) electrons. The highest BCUT2D eigenvalue weighted by Crippen LogP contribution is 2.28. The first kappa shape index (κ1) is 11.6. The third kappa shape index (κ3) is 1.93. The van der Waals surface area contributed by atoms with E-state index in [1.54, 1.807) is 34.0 Å². The summed E-state index contributed by atoms with van der Waals surface area (Å²) in [6.45, 7) is 0.493. The molecule has 96 valence electrons. The molecule has 1 amide bonds. The lowest BCUT2D eigenvalue weighted by Gasteiger charge is -2.15. The van der Waals surface area contributed by atoms with Crippen molar-refractivity contribution in [2.75, 3.05) is 11.4 Å². The molecule has 0 spiro atoms. The van der Waals surface area contributed by atoms with E-state index in [-0.39, 0.29) is 0 Å². The topological polar surface area (TPSA) is 55.2 Å². The zero-order valence-electron chi connectivity index (χ0n) is 10.5. The Bertz CT molecular complexity index is 660. The van der Waals surface area contributed by atoms with Gasteiger partial charge in [0.1, 0.15) is 0 Å². The predicted molar refractivity (Wildman–Crippen MR) is 70.0 cm³/mol. The van der Waals surface area contributed by atoms with Crippen molar-refractivity contribution in [2.24, 2.45) is 7.05 Å². The second kappa shape index (κ2) is 4.35. The Morgan fingerprint density at radius 1 is 1.21 bits per heavy atom. The van der Waals surface area contributed by atoms with Gasteiger partial charge in [-0.3, -0.25) is 14.3 Å². The second-order valence-electron chi connectivity index (χ2n) is 4.58. The Morgan fingerprint density at radius 2 is 2.00 bits per heavy atom. The number of ketones is 1. The fourth-order valence-corrected chi connectivity index (χ4v) is 2.31. The van der Waals surface area contributed by atoms with Crippen molar-refractivity contribution in [1.29, 1.82) is 0 Å². The SMILES string of the molecule is Cn1cc(CCN2C(=O)C(=O)c3ccccc32)cn1. The fourth-order valence-electron chi connectivity index (χ4n) is 2.31. The molecule has 0 bridgehead atoms. The first-order valence-corrected chi connectivity index (χ1v) is 6.09. The highest BCUT2D eigenvalue weighted by molar-refractivity contribution is 6.52. The lowest BCUT2D eigenvalue weighted by molar-refractivity contribution is -0.114. The van der Waals surface area contributed by atoms with Gasteiger partial charge in [0.2, 0.25) is 0 Å². The molecular formula is C14H13N3O2. The third-order valence-electron chi connectivity index (χ3n) is 3.26. The van der Waals surface area contributed by atoms with Gasteiger partial charge in [0.25, 0.3) is 11.7 Å². The van der Waals surface area contributed by atoms with Crippen molar-refractivity contribution in [3.63, 3.8) is 0 Å². The molecule has 0 saturated carbocycles. The summed E-state index contributed by atoms with van der Waals surface area (Å²) in [5.74, 6) is -0.855. The molecule has 0 aliphatic carbocycles. The van der Waals surface area contributed by atoms with Gasteiger partial charge in [-0.2, -0.15) is 5.10 Å². The largest absolute Gasteiger partial charge is 0.304 e. The number of aryl methyl sites for hydroxylation is 1. The first-order valence-electron chi connectivity index (χ1n) is 6.09. The number of aromatic nitrogens is 2. The number of nitrogens with zero attached hydrogens (tertiary/aromatic N) is 3. The van der Waals surface area contributed by atoms with Crippen LogP contribution < -0.4 is 4.90 Å². The number of amides is 1. The van der Waals surface area contributed by atoms with Gasteiger partial charge in [0, 0.05) is 19.8 Å². The summed E-state index contributed by atoms with van der Waals surface area (Å²) in [5.41, 5.74) is 2.26. The van der Waals surface area contributed by atoms with E-state index in [0.29, 0.717) is 24.2 Å². The van der Waals surface area contributed by atoms with Gasteiger partial charge in [-0.25, -0.2) is 0 Å². The summed E-state index contributed by atoms with van der Waals surface area (Å²) < 4.78 is 1.72. The van der Waals surface area contributed by atoms with E-state index in [0.717, 1.165) is 5.56 Å². The van der Waals surface area contributed by atoms with Crippen LogP contribution in [0.5, 0.6) is 0 Å². The molecule has 1 aromatic heterocycles. The van der Waals surface area contributed by atoms with E-state index in [2.05, 4.69) is 5.10 Å². The Balaban J connectivity index is 1.82. The molecule has 2 heterocycles. The lowest BCUT2D eigenvalue weighted by Crippen LogP contribution is -2.31. The standard InChI is InChI=1S/C14H13N3O2/c1-16-9-10(8-15-16)6-7-17-12-5-3-2-4-11(12)13(18)14(17)19/h2-5,8-9H,6-7H2,1H3. The van der Waals surface area contributed by atoms with E-state index < -0.39 is 11.7 Å². The molecule has 5 heteroatoms. The smallest absolute Gasteiger partial charge is 0.299 e. The molecular weight excluding hydrogens is 242 g/mol. The molecule has 0 saturated heterocycles. The Morgan fingerprint density at radius 3 is 2.74 bits per heavy atom. The van der Waals surface area contributed by atoms with Crippen LogP contribution in [0.2, 0.25) is 0 Å². The van der Waals surface area contributed by atoms with Crippen LogP contribution in [-0.4, -0.2) is 28.0 Å². The maximum Gasteiger partial charge on any atom is 0.299 e. The van der Waals surface area contributed by atoms with Crippen molar-refractivity contribution >= 4 is 17.4 Å². The average Bonchev–Trinajstić information content (AvgIpc) is 2.93. The molecule has 3 rings (SSSR count). The monoisotopic (exact) mass is 255 g/mol. The zero-order chi connectivity index (χ0) is 13.4. The number of fused-ring (bicyclic) bond motifs is 1. The van der Waals surface area contributed by atoms with Crippen molar-refractivity contribution in [3.8, 4) is 0 Å². The number of hydrogen-bond acceptors (Lipinski definition) is 3. The molecule has 1 aromatic carbocycles. The fraction of sp³-hybridized carbons (Fsp3) is 0.214. The van der Waals surface area contributed by atoms with Gasteiger partial charge < -0.3 is 4.90 Å². The Labute approximate surface area is 110 Å². The van der Waals surface area contributed by atoms with Gasteiger partial charge >= 0.3 is 0 Å². The number of carbonyl (C=O) groups is 2. The maximum absolute atomic E-state index is 11.9. The van der Waals surface area contributed by atoms with Gasteiger partial charge in [-0.15, -0.1) is 0 Å². The molecule has 0 N–H and O–H groups in total. The van der Waals surface area contributed by atoms with Crippen molar-refractivity contribution in [1.82, 2.24) is 9.78 Å². The molecule has 0 unspecified atom stereocenters. The minimum Gasteiger partial charge on any atom is -0.304 e. The minimum atomic E-state index is -0.440. The van der Waals surface area contributed by atoms with E-state index in [4.69, 9.17) is 0 Å². The Hall–Kier alpha value is -2.43. The van der Waals surface area contributed by atoms with Crippen LogP contribution in [0, 0.1) is 0 Å². The van der Waals surface area contributed by atoms with E-state index in [1.807, 2.05) is 19.3 Å². The second-order valence-corrected chi connectivity index (χ2v) is 4.58. The molecule has 5 nitrogen and oxygen atoms in total. The molecule has 0 fully saturated rings. The van der Waals surface area contributed by atoms with Gasteiger partial charge in [-0.1, -0.05) is 12.1 Å². The Kier molecular flexibility index (Phi) is 2.67. The first-order chi connectivity index (χ1) is 9.16. The van der Waals surface area contributed by atoms with Crippen molar-refractivity contribution < 1.29 is 9.59 Å². The summed E-state index contributed by atoms with van der Waals surface area (Å²) in [4.78, 5) is 25.3. The van der Waals surface area contributed by atoms with Gasteiger partial charge in [-0.05, 0) is 24.1 Å². The lowest BCUT2D eigenvalue weighted by atomic mass is 10.1. The van der Waals surface area contributed by atoms with Gasteiger partial charge in [0.05, 0.1) is 17.4 Å². The van der Waals surface area contributed by atoms with E-state index >= 15 is 0 Å². The zero-order valence-corrected chi connectivity index (χ0v) is 10.5. The highest BCUT2D eigenvalue weighted by Gasteiger charge is 2.34. The van der Waals surface area contributed by atoms with Crippen LogP contribution in [0.3, 0.4) is 0 Å². The van der Waals surface area contributed by atoms with Crippen molar-refractivity contribution in [3.05, 3.63) is 47.8 Å². The quantitative estimate of drug-likeness (QED) is 0.774. The predicted octanol–water partition coefficient (Wildman–Crippen LogP) is 1.19. The summed E-state index contributed by atoms with van der Waals surface area (Å²) in [7, 11) is 1.85. The summed E-state index contributed by atoms with van der Waals surface area (Å²) in [6.07, 6.45) is 4.36. The number of rotatable bonds is 3. The van der Waals surface area contributed by atoms with Crippen LogP contribution in [0.4, 0.5) is 5.69 Å². The highest BCUT2D eigenvalue weighted by atomic mass is 16.2. The molecule has 1 aliphatic rings. The average molecular weight is 255 g/mol.